The molecule has 160 valence electrons. The molecule has 30 heavy (non-hydrogen) atoms. The molecule has 0 spiro atoms. The number of hydrogen-bond acceptors (Lipinski definition) is 6. The van der Waals surface area contributed by atoms with Gasteiger partial charge in [0.2, 0.25) is 0 Å². The number of amides is 2. The minimum atomic E-state index is -0.947. The molecule has 0 radical (unpaired) electrons. The molecular formula is C23H28N2O4S. The molecule has 0 unspecified atom stereocenters. The van der Waals surface area contributed by atoms with Crippen LogP contribution in [0, 0.1) is 0 Å². The molecule has 2 aliphatic heterocycles. The van der Waals surface area contributed by atoms with Gasteiger partial charge in [-0.05, 0) is 82.6 Å². The van der Waals surface area contributed by atoms with Crippen LogP contribution in [0.1, 0.15) is 52.7 Å². The lowest BCUT2D eigenvalue weighted by Gasteiger charge is -2.42. The maximum absolute atomic E-state index is 12.8. The molecule has 2 aliphatic rings. The van der Waals surface area contributed by atoms with Crippen molar-refractivity contribution in [3.8, 4) is 0 Å². The molecule has 0 saturated carbocycles. The van der Waals surface area contributed by atoms with Gasteiger partial charge in [-0.2, -0.15) is 0 Å². The molecule has 1 aromatic carbocycles. The van der Waals surface area contributed by atoms with Gasteiger partial charge in [0.1, 0.15) is 6.04 Å². The molecule has 0 N–H and O–H groups in total. The Bertz CT molecular complexity index is 964. The van der Waals surface area contributed by atoms with Gasteiger partial charge in [0.25, 0.3) is 11.1 Å². The van der Waals surface area contributed by atoms with Crippen LogP contribution >= 0.6 is 11.8 Å². The smallest absolute Gasteiger partial charge is 0.329 e. The summed E-state index contributed by atoms with van der Waals surface area (Å²) in [6, 6.07) is 5.12. The first-order valence-electron chi connectivity index (χ1n) is 10.2. The van der Waals surface area contributed by atoms with E-state index in [1.54, 1.807) is 13.0 Å². The highest BCUT2D eigenvalue weighted by Gasteiger charge is 2.41. The summed E-state index contributed by atoms with van der Waals surface area (Å²) < 4.78 is 4.95. The Balaban J connectivity index is 1.92. The molecule has 0 aliphatic carbocycles. The highest BCUT2D eigenvalue weighted by molar-refractivity contribution is 8.18. The maximum atomic E-state index is 12.8. The molecule has 1 atom stereocenters. The Kier molecular flexibility index (Phi) is 6.13. The molecule has 0 bridgehead atoms. The number of anilines is 1. The second-order valence-corrected chi connectivity index (χ2v) is 8.97. The van der Waals surface area contributed by atoms with Gasteiger partial charge >= 0.3 is 5.97 Å². The minimum absolute atomic E-state index is 0.0702. The summed E-state index contributed by atoms with van der Waals surface area (Å²) >= 11 is 0.849. The number of hydrogen-bond donors (Lipinski definition) is 0. The monoisotopic (exact) mass is 428 g/mol. The number of benzene rings is 1. The van der Waals surface area contributed by atoms with Gasteiger partial charge in [-0.3, -0.25) is 14.5 Å². The number of likely N-dealkylation sites (N-methyl/N-ethyl adjacent to an activating group) is 1. The Morgan fingerprint density at radius 2 is 1.97 bits per heavy atom. The number of allylic oxidation sites excluding steroid dienone is 1. The number of carbonyl (C=O) groups is 3. The van der Waals surface area contributed by atoms with Crippen LogP contribution in [0.25, 0.3) is 11.6 Å². The maximum Gasteiger partial charge on any atom is 0.329 e. The highest BCUT2D eigenvalue weighted by Crippen LogP contribution is 2.40. The van der Waals surface area contributed by atoms with Crippen molar-refractivity contribution in [2.75, 3.05) is 18.1 Å². The number of rotatable bonds is 5. The van der Waals surface area contributed by atoms with Crippen LogP contribution in [0.2, 0.25) is 0 Å². The summed E-state index contributed by atoms with van der Waals surface area (Å²) in [6.45, 7) is 12.9. The molecule has 3 rings (SSSR count). The van der Waals surface area contributed by atoms with Gasteiger partial charge in [0, 0.05) is 17.8 Å². The van der Waals surface area contributed by atoms with Gasteiger partial charge in [0.15, 0.2) is 0 Å². The third kappa shape index (κ3) is 3.90. The van der Waals surface area contributed by atoms with Crippen molar-refractivity contribution >= 4 is 46.2 Å². The topological polar surface area (TPSA) is 66.9 Å². The predicted molar refractivity (Wildman–Crippen MR) is 121 cm³/mol. The number of carbonyl (C=O) groups excluding carboxylic acids is 3. The van der Waals surface area contributed by atoms with Crippen molar-refractivity contribution in [1.82, 2.24) is 4.90 Å². The first kappa shape index (κ1) is 22.2. The molecule has 1 saturated heterocycles. The van der Waals surface area contributed by atoms with E-state index in [4.69, 9.17) is 4.74 Å². The SMILES string of the molecule is CCOC(=O)[C@H](C)N1C(=O)S/C(=C/c2ccc3c(c2)C(C)=CC(C)(C)N3CC)C1=O. The zero-order chi connectivity index (χ0) is 22.2. The number of nitrogens with zero attached hydrogens (tertiary/aromatic N) is 2. The second-order valence-electron chi connectivity index (χ2n) is 7.98. The van der Waals surface area contributed by atoms with Crippen molar-refractivity contribution < 1.29 is 19.1 Å². The molecule has 2 heterocycles. The van der Waals surface area contributed by atoms with Crippen LogP contribution in [0.5, 0.6) is 0 Å². The van der Waals surface area contributed by atoms with Crippen LogP contribution in [0.15, 0.2) is 29.2 Å². The van der Waals surface area contributed by atoms with Crippen LogP contribution < -0.4 is 4.90 Å². The molecule has 0 aromatic heterocycles. The Morgan fingerprint density at radius 3 is 2.60 bits per heavy atom. The fourth-order valence-corrected chi connectivity index (χ4v) is 5.01. The largest absolute Gasteiger partial charge is 0.464 e. The lowest BCUT2D eigenvalue weighted by atomic mass is 9.88. The standard InChI is InChI=1S/C23H28N2O4S/c1-7-24-18-10-9-16(11-17(18)14(3)13-23(24,5)6)12-19-20(26)25(22(28)30-19)15(4)21(27)29-8-2/h9-13,15H,7-8H2,1-6H3/b19-12+/t15-/m0/s1. The zero-order valence-corrected chi connectivity index (χ0v) is 19.1. The molecular weight excluding hydrogens is 400 g/mol. The van der Waals surface area contributed by atoms with E-state index >= 15 is 0 Å². The molecule has 2 amide bonds. The van der Waals surface area contributed by atoms with E-state index in [9.17, 15) is 14.4 Å². The van der Waals surface area contributed by atoms with Gasteiger partial charge in [-0.25, -0.2) is 4.79 Å². The fourth-order valence-electron chi connectivity index (χ4n) is 4.10. The molecule has 1 aromatic rings. The van der Waals surface area contributed by atoms with Crippen LogP contribution in [-0.4, -0.2) is 46.7 Å². The summed E-state index contributed by atoms with van der Waals surface area (Å²) in [5.74, 6) is -1.05. The van der Waals surface area contributed by atoms with Crippen LogP contribution in [-0.2, 0) is 14.3 Å². The summed E-state index contributed by atoms with van der Waals surface area (Å²) in [5, 5.41) is -0.459. The predicted octanol–water partition coefficient (Wildman–Crippen LogP) is 4.70. The van der Waals surface area contributed by atoms with Crippen molar-refractivity contribution in [1.29, 1.82) is 0 Å². The summed E-state index contributed by atoms with van der Waals surface area (Å²) in [5.41, 5.74) is 4.22. The first-order chi connectivity index (χ1) is 14.1. The lowest BCUT2D eigenvalue weighted by molar-refractivity contribution is -0.150. The average molecular weight is 429 g/mol. The number of ether oxygens (including phenoxy) is 1. The van der Waals surface area contributed by atoms with Gasteiger partial charge in [0.05, 0.1) is 17.1 Å². The van der Waals surface area contributed by atoms with E-state index in [0.29, 0.717) is 4.91 Å². The quantitative estimate of drug-likeness (QED) is 0.500. The average Bonchev–Trinajstić information content (AvgIpc) is 2.94. The van der Waals surface area contributed by atoms with E-state index in [2.05, 4.69) is 44.7 Å². The lowest BCUT2D eigenvalue weighted by Crippen LogP contribution is -2.44. The summed E-state index contributed by atoms with van der Waals surface area (Å²) in [7, 11) is 0. The normalized spacial score (nSPS) is 20.3. The number of thioether (sulfide) groups is 1. The molecule has 7 heteroatoms. The minimum Gasteiger partial charge on any atom is -0.464 e. The summed E-state index contributed by atoms with van der Waals surface area (Å²) in [6.07, 6.45) is 3.96. The molecule has 6 nitrogen and oxygen atoms in total. The van der Waals surface area contributed by atoms with E-state index in [1.165, 1.54) is 12.5 Å². The third-order valence-electron chi connectivity index (χ3n) is 5.45. The summed E-state index contributed by atoms with van der Waals surface area (Å²) in [4.78, 5) is 40.8. The van der Waals surface area contributed by atoms with Crippen molar-refractivity contribution in [3.63, 3.8) is 0 Å². The Labute approximate surface area is 181 Å². The second kappa shape index (κ2) is 8.30. The zero-order valence-electron chi connectivity index (χ0n) is 18.3. The Hall–Kier alpha value is -2.54. The van der Waals surface area contributed by atoms with Crippen LogP contribution in [0.3, 0.4) is 0 Å². The van der Waals surface area contributed by atoms with Gasteiger partial charge < -0.3 is 9.64 Å². The van der Waals surface area contributed by atoms with Gasteiger partial charge in [-0.15, -0.1) is 0 Å². The van der Waals surface area contributed by atoms with Crippen molar-refractivity contribution in [2.24, 2.45) is 0 Å². The Morgan fingerprint density at radius 1 is 1.27 bits per heavy atom. The third-order valence-corrected chi connectivity index (χ3v) is 6.34. The van der Waals surface area contributed by atoms with Crippen molar-refractivity contribution in [3.05, 3.63) is 40.3 Å². The van der Waals surface area contributed by atoms with Gasteiger partial charge in [-0.1, -0.05) is 12.1 Å². The highest BCUT2D eigenvalue weighted by atomic mass is 32.2. The number of fused-ring (bicyclic) bond motifs is 1. The first-order valence-corrected chi connectivity index (χ1v) is 11.0. The van der Waals surface area contributed by atoms with Crippen LogP contribution in [0.4, 0.5) is 10.5 Å². The number of esters is 1. The van der Waals surface area contributed by atoms with E-state index < -0.39 is 23.2 Å². The fraction of sp³-hybridized carbons (Fsp3) is 0.435. The van der Waals surface area contributed by atoms with E-state index in [-0.39, 0.29) is 12.1 Å². The van der Waals surface area contributed by atoms with E-state index in [0.717, 1.165) is 40.0 Å². The van der Waals surface area contributed by atoms with E-state index in [1.807, 2.05) is 12.1 Å². The van der Waals surface area contributed by atoms with Crippen molar-refractivity contribution in [2.45, 2.75) is 53.1 Å². The number of imide groups is 1. The molecule has 1 fully saturated rings.